The van der Waals surface area contributed by atoms with E-state index in [0.29, 0.717) is 17.1 Å². The highest BCUT2D eigenvalue weighted by atomic mass is 32.2. The highest BCUT2D eigenvalue weighted by Crippen LogP contribution is 2.37. The molecule has 0 spiro atoms. The van der Waals surface area contributed by atoms with Crippen LogP contribution >= 0.6 is 0 Å². The lowest BCUT2D eigenvalue weighted by atomic mass is 9.10. The van der Waals surface area contributed by atoms with Crippen molar-refractivity contribution in [3.8, 4) is 6.07 Å². The van der Waals surface area contributed by atoms with E-state index in [2.05, 4.69) is 6.07 Å². The van der Waals surface area contributed by atoms with Gasteiger partial charge in [-0.2, -0.15) is 27.5 Å². The van der Waals surface area contributed by atoms with Gasteiger partial charge in [-0.25, -0.2) is 13.2 Å². The topological polar surface area (TPSA) is 40.9 Å². The fourth-order valence-electron chi connectivity index (χ4n) is 7.82. The Morgan fingerprint density at radius 1 is 0.549 bits per heavy atom. The number of benzene rings is 6. The minimum absolute atomic E-state index is 0.282. The first kappa shape index (κ1) is 35.6. The van der Waals surface area contributed by atoms with Crippen LogP contribution in [0.15, 0.2) is 168 Å². The average molecular weight is 698 g/mol. The molecule has 0 saturated heterocycles. The van der Waals surface area contributed by atoms with Crippen molar-refractivity contribution >= 4 is 32.5 Å². The van der Waals surface area contributed by atoms with Crippen molar-refractivity contribution in [2.24, 2.45) is 0 Å². The van der Waals surface area contributed by atoms with Gasteiger partial charge in [-0.05, 0) is 72.8 Å². The van der Waals surface area contributed by atoms with Crippen molar-refractivity contribution in [1.29, 1.82) is 5.26 Å². The summed E-state index contributed by atoms with van der Waals surface area (Å²) in [6.07, 6.45) is 4.09. The molecule has 0 bridgehead atoms. The summed E-state index contributed by atoms with van der Waals surface area (Å²) < 4.78 is 55.1. The molecule has 0 aliphatic heterocycles. The van der Waals surface area contributed by atoms with Crippen molar-refractivity contribution in [1.82, 2.24) is 0 Å². The quantitative estimate of drug-likeness (QED) is 0.117. The Kier molecular flexibility index (Phi) is 11.3. The molecule has 0 amide bonds. The van der Waals surface area contributed by atoms with Gasteiger partial charge in [0.05, 0.1) is 17.8 Å². The largest absolute Gasteiger partial charge is 0.207 e. The standard InChI is InChI=1S/C24H23BF3.C20H16NOS/c26-22-12-6-19(7-13-22)25(18-4-2-1-3-5-18,20-8-14-23(27)15-9-20)21-10-16-24(28)17-11-21;21-15-17-11-13-18(14-12-17)16-23(22,19-7-3-1-4-8-19)20-9-5-2-6-10-20/h6-18H,1-5H2;1-14H,16H2/q-1;+1. The molecule has 0 heterocycles. The van der Waals surface area contributed by atoms with Crippen LogP contribution < -0.4 is 16.4 Å². The Bertz CT molecular complexity index is 1940. The molecule has 51 heavy (non-hydrogen) atoms. The fourth-order valence-corrected chi connectivity index (χ4v) is 10.3. The molecule has 256 valence electrons. The van der Waals surface area contributed by atoms with Gasteiger partial charge in [0.1, 0.15) is 23.2 Å². The second-order valence-electron chi connectivity index (χ2n) is 13.2. The zero-order chi connectivity index (χ0) is 35.7. The molecule has 1 saturated carbocycles. The second kappa shape index (κ2) is 16.2. The van der Waals surface area contributed by atoms with E-state index in [-0.39, 0.29) is 17.5 Å². The van der Waals surface area contributed by atoms with Crippen LogP contribution in [0.3, 0.4) is 0 Å². The van der Waals surface area contributed by atoms with Gasteiger partial charge in [0.25, 0.3) is 0 Å². The molecule has 2 nitrogen and oxygen atoms in total. The lowest BCUT2D eigenvalue weighted by Gasteiger charge is -2.51. The summed E-state index contributed by atoms with van der Waals surface area (Å²) >= 11 is 0. The van der Waals surface area contributed by atoms with Gasteiger partial charge in [0.2, 0.25) is 0 Å². The van der Waals surface area contributed by atoms with Crippen LogP contribution in [0.4, 0.5) is 13.2 Å². The lowest BCUT2D eigenvalue weighted by molar-refractivity contribution is 0.496. The van der Waals surface area contributed by atoms with Crippen LogP contribution in [-0.4, -0.2) is 6.15 Å². The van der Waals surface area contributed by atoms with E-state index in [1.54, 1.807) is 12.1 Å². The first-order valence-corrected chi connectivity index (χ1v) is 19.1. The number of rotatable bonds is 8. The smallest absolute Gasteiger partial charge is 0.163 e. The van der Waals surface area contributed by atoms with Crippen LogP contribution in [0.5, 0.6) is 0 Å². The Morgan fingerprint density at radius 3 is 1.31 bits per heavy atom. The van der Waals surface area contributed by atoms with Crippen molar-refractivity contribution in [3.63, 3.8) is 0 Å². The van der Waals surface area contributed by atoms with E-state index < -0.39 is 16.1 Å². The molecule has 0 radical (unpaired) electrons. The monoisotopic (exact) mass is 697 g/mol. The van der Waals surface area contributed by atoms with E-state index in [9.17, 15) is 17.4 Å². The van der Waals surface area contributed by atoms with E-state index >= 15 is 0 Å². The average Bonchev–Trinajstić information content (AvgIpc) is 3.19. The Balaban J connectivity index is 0.000000179. The maximum absolute atomic E-state index is 13.8. The molecule has 6 aromatic rings. The third-order valence-electron chi connectivity index (χ3n) is 10.2. The molecular weight excluding hydrogens is 658 g/mol. The number of hydrogen-bond donors (Lipinski definition) is 0. The molecule has 0 N–H and O–H groups in total. The van der Waals surface area contributed by atoms with Gasteiger partial charge in [-0.15, -0.1) is 0 Å². The minimum Gasteiger partial charge on any atom is -0.207 e. The first-order chi connectivity index (χ1) is 24.8. The minimum atomic E-state index is -2.40. The molecule has 0 unspecified atom stereocenters. The van der Waals surface area contributed by atoms with E-state index in [1.165, 1.54) is 42.8 Å². The van der Waals surface area contributed by atoms with Crippen LogP contribution in [0, 0.1) is 28.8 Å². The summed E-state index contributed by atoms with van der Waals surface area (Å²) in [5.74, 6) is -0.0942. The Morgan fingerprint density at radius 2 is 0.941 bits per heavy atom. The van der Waals surface area contributed by atoms with Crippen LogP contribution in [0.1, 0.15) is 43.2 Å². The zero-order valence-electron chi connectivity index (χ0n) is 28.3. The molecule has 7 heteroatoms. The summed E-state index contributed by atoms with van der Waals surface area (Å²) in [6, 6.07) is 48.6. The van der Waals surface area contributed by atoms with Gasteiger partial charge >= 0.3 is 0 Å². The van der Waals surface area contributed by atoms with Crippen LogP contribution in [0.2, 0.25) is 5.82 Å². The molecule has 1 aliphatic carbocycles. The van der Waals surface area contributed by atoms with Gasteiger partial charge in [-0.3, -0.25) is 0 Å². The molecule has 7 rings (SSSR count). The molecule has 6 aromatic carbocycles. The summed E-state index contributed by atoms with van der Waals surface area (Å²) in [5, 5.41) is 8.91. The van der Waals surface area contributed by atoms with Crippen molar-refractivity contribution in [2.45, 2.75) is 53.5 Å². The van der Waals surface area contributed by atoms with Crippen molar-refractivity contribution in [3.05, 3.63) is 186 Å². The van der Waals surface area contributed by atoms with Crippen LogP contribution in [0.25, 0.3) is 0 Å². The highest BCUT2D eigenvalue weighted by Gasteiger charge is 2.38. The predicted octanol–water partition coefficient (Wildman–Crippen LogP) is 9.58. The Labute approximate surface area is 300 Å². The summed E-state index contributed by atoms with van der Waals surface area (Å²) in [5.41, 5.74) is 4.63. The lowest BCUT2D eigenvalue weighted by Crippen LogP contribution is -2.70. The maximum Gasteiger partial charge on any atom is 0.163 e. The van der Waals surface area contributed by atoms with Crippen molar-refractivity contribution in [2.75, 3.05) is 0 Å². The number of nitrogens with zero attached hydrogens (tertiary/aromatic N) is 1. The first-order valence-electron chi connectivity index (χ1n) is 17.4. The van der Waals surface area contributed by atoms with Crippen molar-refractivity contribution < 1.29 is 17.4 Å². The molecule has 0 aromatic heterocycles. The molecular formula is C44H39BF3NOS. The van der Waals surface area contributed by atoms with Gasteiger partial charge in [0.15, 0.2) is 19.7 Å². The van der Waals surface area contributed by atoms with Gasteiger partial charge < -0.3 is 0 Å². The molecule has 1 aliphatic rings. The number of hydrogen-bond acceptors (Lipinski definition) is 2. The number of halogens is 3. The van der Waals surface area contributed by atoms with E-state index in [1.807, 2.05) is 109 Å². The number of nitriles is 1. The normalized spacial score (nSPS) is 13.5. The van der Waals surface area contributed by atoms with E-state index in [4.69, 9.17) is 5.26 Å². The zero-order valence-corrected chi connectivity index (χ0v) is 29.1. The van der Waals surface area contributed by atoms with Crippen LogP contribution in [-0.2, 0) is 19.9 Å². The Hall–Kier alpha value is -5.19. The third kappa shape index (κ3) is 7.92. The third-order valence-corrected chi connectivity index (χ3v) is 13.1. The van der Waals surface area contributed by atoms with Gasteiger partial charge in [0, 0.05) is 5.56 Å². The predicted molar refractivity (Wildman–Crippen MR) is 203 cm³/mol. The van der Waals surface area contributed by atoms with E-state index in [0.717, 1.165) is 57.4 Å². The highest BCUT2D eigenvalue weighted by molar-refractivity contribution is 8.02. The summed E-state index contributed by atoms with van der Waals surface area (Å²) in [4.78, 5) is 1.66. The van der Waals surface area contributed by atoms with Gasteiger partial charge in [-0.1, -0.05) is 121 Å². The fraction of sp³-hybridized carbons (Fsp3) is 0.159. The molecule has 1 fully saturated rings. The summed E-state index contributed by atoms with van der Waals surface area (Å²) in [7, 11) is -2.40. The molecule has 0 atom stereocenters. The summed E-state index contributed by atoms with van der Waals surface area (Å²) in [6.45, 7) is 0. The SMILES string of the molecule is Fc1ccc([B-](c2ccc(F)cc2)(c2ccc(F)cc2)C2CCCCC2)cc1.N#Cc1ccc(C[S+](=O)(c2ccccc2)c2ccccc2)cc1. The maximum atomic E-state index is 13.8. The second-order valence-corrected chi connectivity index (χ2v) is 15.8.